The third kappa shape index (κ3) is 3.47. The Morgan fingerprint density at radius 1 is 1.27 bits per heavy atom. The highest BCUT2D eigenvalue weighted by Crippen LogP contribution is 2.22. The number of rotatable bonds is 6. The van der Waals surface area contributed by atoms with E-state index in [0.29, 0.717) is 12.0 Å². The average molecular weight is 302 g/mol. The van der Waals surface area contributed by atoms with Gasteiger partial charge in [0.15, 0.2) is 0 Å². The van der Waals surface area contributed by atoms with Gasteiger partial charge in [-0.25, -0.2) is 0 Å². The van der Waals surface area contributed by atoms with Crippen molar-refractivity contribution in [1.82, 2.24) is 9.88 Å². The van der Waals surface area contributed by atoms with Crippen LogP contribution >= 0.6 is 0 Å². The van der Waals surface area contributed by atoms with Gasteiger partial charge in [-0.2, -0.15) is 0 Å². The molecule has 1 aromatic heterocycles. The summed E-state index contributed by atoms with van der Waals surface area (Å²) in [6.07, 6.45) is 2.28. The van der Waals surface area contributed by atoms with Gasteiger partial charge in [-0.3, -0.25) is 9.59 Å². The maximum atomic E-state index is 12.6. The van der Waals surface area contributed by atoms with Crippen molar-refractivity contribution in [3.63, 3.8) is 0 Å². The third-order valence-corrected chi connectivity index (χ3v) is 3.79. The number of aromatic nitrogens is 1. The molecule has 0 bridgehead atoms. The minimum Gasteiger partial charge on any atom is -0.481 e. The number of carboxylic acids is 1. The highest BCUT2D eigenvalue weighted by Gasteiger charge is 2.24. The molecule has 1 aromatic carbocycles. The van der Waals surface area contributed by atoms with E-state index in [4.69, 9.17) is 5.11 Å². The summed E-state index contributed by atoms with van der Waals surface area (Å²) in [6, 6.07) is 7.79. The van der Waals surface area contributed by atoms with Crippen LogP contribution in [0.4, 0.5) is 0 Å². The quantitative estimate of drug-likeness (QED) is 0.861. The summed E-state index contributed by atoms with van der Waals surface area (Å²) in [5, 5.41) is 12.6. The minimum atomic E-state index is -0.857. The number of amides is 1. The van der Waals surface area contributed by atoms with Crippen LogP contribution in [0.15, 0.2) is 30.5 Å². The molecule has 0 aliphatic rings. The lowest BCUT2D eigenvalue weighted by Gasteiger charge is -2.25. The molecule has 1 amide bonds. The molecular weight excluding hydrogens is 280 g/mol. The summed E-state index contributed by atoms with van der Waals surface area (Å²) in [6.45, 7) is 6.50. The van der Waals surface area contributed by atoms with Crippen molar-refractivity contribution in [2.75, 3.05) is 0 Å². The molecule has 0 atom stereocenters. The summed E-state index contributed by atoms with van der Waals surface area (Å²) < 4.78 is 2.04. The normalized spacial score (nSPS) is 11.6. The Kier molecular flexibility index (Phi) is 4.54. The lowest BCUT2D eigenvalue weighted by atomic mass is 9.97. The van der Waals surface area contributed by atoms with Crippen LogP contribution in [0.1, 0.15) is 44.0 Å². The Morgan fingerprint density at radius 3 is 2.59 bits per heavy atom. The van der Waals surface area contributed by atoms with Crippen molar-refractivity contribution < 1.29 is 14.7 Å². The van der Waals surface area contributed by atoms with Gasteiger partial charge < -0.3 is 15.0 Å². The first-order valence-corrected chi connectivity index (χ1v) is 7.46. The second-order valence-electron chi connectivity index (χ2n) is 6.08. The molecule has 2 aromatic rings. The van der Waals surface area contributed by atoms with Crippen LogP contribution < -0.4 is 5.32 Å². The van der Waals surface area contributed by atoms with Crippen molar-refractivity contribution in [3.8, 4) is 0 Å². The molecule has 0 fully saturated rings. The molecular formula is C17H22N2O3. The fourth-order valence-electron chi connectivity index (χ4n) is 2.55. The molecule has 0 saturated heterocycles. The van der Waals surface area contributed by atoms with Gasteiger partial charge in [0.1, 0.15) is 0 Å². The topological polar surface area (TPSA) is 71.3 Å². The molecule has 5 heteroatoms. The van der Waals surface area contributed by atoms with Gasteiger partial charge >= 0.3 is 5.97 Å². The first-order chi connectivity index (χ1) is 10.3. The first-order valence-electron chi connectivity index (χ1n) is 7.46. The van der Waals surface area contributed by atoms with E-state index in [-0.39, 0.29) is 12.3 Å². The molecule has 0 aliphatic carbocycles. The van der Waals surface area contributed by atoms with E-state index in [1.54, 1.807) is 0 Å². The lowest BCUT2D eigenvalue weighted by Crippen LogP contribution is -2.43. The van der Waals surface area contributed by atoms with Gasteiger partial charge in [-0.15, -0.1) is 0 Å². The number of hydrogen-bond acceptors (Lipinski definition) is 2. The number of carboxylic acid groups (broad SMARTS) is 1. The Bertz CT molecular complexity index is 701. The molecule has 0 saturated carbocycles. The van der Waals surface area contributed by atoms with Crippen LogP contribution in [0.25, 0.3) is 10.9 Å². The van der Waals surface area contributed by atoms with Crippen LogP contribution in [0.2, 0.25) is 0 Å². The molecule has 0 unspecified atom stereocenters. The summed E-state index contributed by atoms with van der Waals surface area (Å²) in [7, 11) is 0. The molecule has 0 spiro atoms. The van der Waals surface area contributed by atoms with Crippen LogP contribution in [-0.2, 0) is 11.3 Å². The van der Waals surface area contributed by atoms with E-state index in [1.165, 1.54) is 0 Å². The largest absolute Gasteiger partial charge is 0.481 e. The Balaban J connectivity index is 2.25. The SMILES string of the molecule is CCn1cc(C(=O)NC(C)(C)CCC(=O)O)c2ccccc21. The van der Waals surface area contributed by atoms with Crippen molar-refractivity contribution in [1.29, 1.82) is 0 Å². The average Bonchev–Trinajstić information content (AvgIpc) is 2.84. The Hall–Kier alpha value is -2.30. The molecule has 22 heavy (non-hydrogen) atoms. The number of benzene rings is 1. The summed E-state index contributed by atoms with van der Waals surface area (Å²) in [4.78, 5) is 23.3. The highest BCUT2D eigenvalue weighted by atomic mass is 16.4. The zero-order valence-corrected chi connectivity index (χ0v) is 13.2. The third-order valence-electron chi connectivity index (χ3n) is 3.79. The number of nitrogens with one attached hydrogen (secondary N) is 1. The summed E-state index contributed by atoms with van der Waals surface area (Å²) in [5.74, 6) is -1.02. The molecule has 5 nitrogen and oxygen atoms in total. The monoisotopic (exact) mass is 302 g/mol. The predicted octanol–water partition coefficient (Wildman–Crippen LogP) is 3.03. The second-order valence-corrected chi connectivity index (χ2v) is 6.08. The fourth-order valence-corrected chi connectivity index (χ4v) is 2.55. The van der Waals surface area contributed by atoms with Gasteiger partial charge in [-0.1, -0.05) is 18.2 Å². The van der Waals surface area contributed by atoms with Gasteiger partial charge in [-0.05, 0) is 33.3 Å². The maximum Gasteiger partial charge on any atom is 0.303 e. The molecule has 2 rings (SSSR count). The van der Waals surface area contributed by atoms with E-state index >= 15 is 0 Å². The first kappa shape index (κ1) is 16.1. The summed E-state index contributed by atoms with van der Waals surface area (Å²) in [5.41, 5.74) is 1.09. The number of aliphatic carboxylic acids is 1. The smallest absolute Gasteiger partial charge is 0.303 e. The fraction of sp³-hybridized carbons (Fsp3) is 0.412. The standard InChI is InChI=1S/C17H22N2O3/c1-4-19-11-13(12-7-5-6-8-14(12)19)16(22)18-17(2,3)10-9-15(20)21/h5-8,11H,4,9-10H2,1-3H3,(H,18,22)(H,20,21). The van der Waals surface area contributed by atoms with E-state index in [1.807, 2.05) is 55.8 Å². The van der Waals surface area contributed by atoms with Gasteiger partial charge in [0, 0.05) is 35.6 Å². The van der Waals surface area contributed by atoms with E-state index in [9.17, 15) is 9.59 Å². The molecule has 0 aliphatic heterocycles. The Labute approximate surface area is 129 Å². The lowest BCUT2D eigenvalue weighted by molar-refractivity contribution is -0.137. The van der Waals surface area contributed by atoms with Gasteiger partial charge in [0.2, 0.25) is 0 Å². The molecule has 2 N–H and O–H groups in total. The predicted molar refractivity (Wildman–Crippen MR) is 86.0 cm³/mol. The minimum absolute atomic E-state index is 0.0317. The Morgan fingerprint density at radius 2 is 1.95 bits per heavy atom. The number of fused-ring (bicyclic) bond motifs is 1. The number of nitrogens with zero attached hydrogens (tertiary/aromatic N) is 1. The van der Waals surface area contributed by atoms with Crippen LogP contribution in [-0.4, -0.2) is 27.1 Å². The van der Waals surface area contributed by atoms with Crippen molar-refractivity contribution >= 4 is 22.8 Å². The molecule has 0 radical (unpaired) electrons. The maximum absolute atomic E-state index is 12.6. The van der Waals surface area contributed by atoms with Gasteiger partial charge in [0.25, 0.3) is 5.91 Å². The number of para-hydroxylation sites is 1. The van der Waals surface area contributed by atoms with Crippen LogP contribution in [0.3, 0.4) is 0 Å². The number of carbonyl (C=O) groups excluding carboxylic acids is 1. The van der Waals surface area contributed by atoms with Crippen molar-refractivity contribution in [2.24, 2.45) is 0 Å². The highest BCUT2D eigenvalue weighted by molar-refractivity contribution is 6.07. The number of hydrogen-bond donors (Lipinski definition) is 2. The number of carbonyl (C=O) groups is 2. The van der Waals surface area contributed by atoms with E-state index < -0.39 is 11.5 Å². The van der Waals surface area contributed by atoms with E-state index in [2.05, 4.69) is 5.32 Å². The van der Waals surface area contributed by atoms with Crippen LogP contribution in [0, 0.1) is 0 Å². The zero-order chi connectivity index (χ0) is 16.3. The van der Waals surface area contributed by atoms with E-state index in [0.717, 1.165) is 17.4 Å². The molecule has 118 valence electrons. The van der Waals surface area contributed by atoms with Crippen LogP contribution in [0.5, 0.6) is 0 Å². The van der Waals surface area contributed by atoms with Crippen molar-refractivity contribution in [2.45, 2.75) is 45.7 Å². The second kappa shape index (κ2) is 6.22. The van der Waals surface area contributed by atoms with Crippen molar-refractivity contribution in [3.05, 3.63) is 36.0 Å². The number of aryl methyl sites for hydroxylation is 1. The zero-order valence-electron chi connectivity index (χ0n) is 13.2. The summed E-state index contributed by atoms with van der Waals surface area (Å²) >= 11 is 0. The van der Waals surface area contributed by atoms with Gasteiger partial charge in [0.05, 0.1) is 5.56 Å². The molecule has 1 heterocycles.